The highest BCUT2D eigenvalue weighted by molar-refractivity contribution is 7.12. The lowest BCUT2D eigenvalue weighted by Gasteiger charge is -2.32. The lowest BCUT2D eigenvalue weighted by atomic mass is 10.1. The van der Waals surface area contributed by atoms with Gasteiger partial charge in [0.25, 0.3) is 11.6 Å². The molecule has 2 fully saturated rings. The van der Waals surface area contributed by atoms with Gasteiger partial charge in [-0.2, -0.15) is 0 Å². The minimum Gasteiger partial charge on any atom is -0.465 e. The van der Waals surface area contributed by atoms with Crippen LogP contribution in [0, 0.1) is 10.1 Å². The zero-order valence-electron chi connectivity index (χ0n) is 21.2. The Kier molecular flexibility index (Phi) is 7.58. The maximum absolute atomic E-state index is 13.1. The van der Waals surface area contributed by atoms with Crippen molar-refractivity contribution in [3.63, 3.8) is 0 Å². The molecule has 5 rings (SSSR count). The SMILES string of the molecule is CN1CCN(Cc2ccc3nc(NC(=O)c4cc([N+](=O)[O-])cs4)n([C@@H]4CCCCN(C(=O)O)C4)c3c2)CC1. The third kappa shape index (κ3) is 5.64. The number of thiophene rings is 1. The fourth-order valence-electron chi connectivity index (χ4n) is 5.17. The predicted molar refractivity (Wildman–Crippen MR) is 144 cm³/mol. The van der Waals surface area contributed by atoms with E-state index in [0.29, 0.717) is 18.0 Å². The number of aromatic nitrogens is 2. The number of hydrogen-bond acceptors (Lipinski definition) is 8. The number of rotatable bonds is 6. The molecule has 2 aliphatic heterocycles. The van der Waals surface area contributed by atoms with Crippen LogP contribution in [-0.2, 0) is 6.54 Å². The van der Waals surface area contributed by atoms with Crippen LogP contribution in [0.1, 0.15) is 40.5 Å². The molecule has 2 aromatic heterocycles. The Morgan fingerprint density at radius 2 is 1.97 bits per heavy atom. The molecular formula is C25H31N7O5S. The van der Waals surface area contributed by atoms with E-state index in [-0.39, 0.29) is 23.2 Å². The number of nitro groups is 1. The van der Waals surface area contributed by atoms with Gasteiger partial charge in [-0.3, -0.25) is 25.1 Å². The quantitative estimate of drug-likeness (QED) is 0.356. The van der Waals surface area contributed by atoms with Crippen molar-refractivity contribution < 1.29 is 19.6 Å². The van der Waals surface area contributed by atoms with Gasteiger partial charge in [0.1, 0.15) is 0 Å². The molecule has 0 unspecified atom stereocenters. The van der Waals surface area contributed by atoms with Crippen molar-refractivity contribution in [3.8, 4) is 0 Å². The molecule has 38 heavy (non-hydrogen) atoms. The summed E-state index contributed by atoms with van der Waals surface area (Å²) in [5.41, 5.74) is 2.52. The first-order chi connectivity index (χ1) is 18.3. The van der Waals surface area contributed by atoms with Crippen LogP contribution in [0.3, 0.4) is 0 Å². The number of carboxylic acid groups (broad SMARTS) is 1. The molecule has 0 spiro atoms. The summed E-state index contributed by atoms with van der Waals surface area (Å²) in [6.45, 7) is 5.55. The van der Waals surface area contributed by atoms with Gasteiger partial charge in [0.05, 0.1) is 32.3 Å². The van der Waals surface area contributed by atoms with Crippen molar-refractivity contribution in [2.24, 2.45) is 0 Å². The van der Waals surface area contributed by atoms with Crippen molar-refractivity contribution in [2.45, 2.75) is 31.8 Å². The minimum atomic E-state index is -0.964. The summed E-state index contributed by atoms with van der Waals surface area (Å²) in [6.07, 6.45) is 1.39. The van der Waals surface area contributed by atoms with E-state index in [1.54, 1.807) is 0 Å². The Hall–Kier alpha value is -3.55. The molecule has 1 aromatic carbocycles. The van der Waals surface area contributed by atoms with Gasteiger partial charge >= 0.3 is 6.09 Å². The van der Waals surface area contributed by atoms with Crippen molar-refractivity contribution in [1.29, 1.82) is 0 Å². The van der Waals surface area contributed by atoms with Crippen LogP contribution in [0.25, 0.3) is 11.0 Å². The molecule has 2 N–H and O–H groups in total. The number of fused-ring (bicyclic) bond motifs is 1. The smallest absolute Gasteiger partial charge is 0.407 e. The minimum absolute atomic E-state index is 0.136. The number of carbonyl (C=O) groups excluding carboxylic acids is 1. The van der Waals surface area contributed by atoms with Gasteiger partial charge in [-0.1, -0.05) is 6.07 Å². The van der Waals surface area contributed by atoms with Gasteiger partial charge in [-0.25, -0.2) is 9.78 Å². The zero-order chi connectivity index (χ0) is 26.8. The van der Waals surface area contributed by atoms with Crippen LogP contribution >= 0.6 is 11.3 Å². The van der Waals surface area contributed by atoms with Gasteiger partial charge in [0, 0.05) is 51.9 Å². The highest BCUT2D eigenvalue weighted by Gasteiger charge is 2.28. The first-order valence-corrected chi connectivity index (χ1v) is 13.6. The number of anilines is 1. The average molecular weight is 542 g/mol. The fourth-order valence-corrected chi connectivity index (χ4v) is 5.92. The second-order valence-corrected chi connectivity index (χ2v) is 10.9. The van der Waals surface area contributed by atoms with Gasteiger partial charge in [-0.15, -0.1) is 11.3 Å². The average Bonchev–Trinajstić information content (AvgIpc) is 3.44. The van der Waals surface area contributed by atoms with Crippen LogP contribution in [-0.4, -0.2) is 92.6 Å². The fraction of sp³-hybridized carbons (Fsp3) is 0.480. The standard InChI is InChI=1S/C25H31N7O5S/c1-28-8-10-29(11-9-28)14-17-5-6-20-21(12-17)31(18-4-2-3-7-30(15-18)25(34)35)24(26-20)27-23(33)22-13-19(16-38-22)32(36)37/h5-6,12-13,16,18H,2-4,7-11,14-15H2,1H3,(H,34,35)(H,26,27,33)/t18-/m1/s1. The van der Waals surface area contributed by atoms with E-state index in [2.05, 4.69) is 28.2 Å². The Morgan fingerprint density at radius 1 is 1.18 bits per heavy atom. The topological polar surface area (TPSA) is 137 Å². The summed E-state index contributed by atoms with van der Waals surface area (Å²) in [7, 11) is 2.12. The molecule has 3 aromatic rings. The van der Waals surface area contributed by atoms with E-state index in [1.165, 1.54) is 16.3 Å². The third-order valence-electron chi connectivity index (χ3n) is 7.28. The monoisotopic (exact) mass is 541 g/mol. The molecule has 2 amide bonds. The zero-order valence-corrected chi connectivity index (χ0v) is 22.0. The molecule has 0 aliphatic carbocycles. The maximum Gasteiger partial charge on any atom is 0.407 e. The molecule has 0 radical (unpaired) electrons. The Bertz CT molecular complexity index is 1350. The molecule has 202 valence electrons. The number of likely N-dealkylation sites (tertiary alicyclic amines) is 1. The summed E-state index contributed by atoms with van der Waals surface area (Å²) >= 11 is 0.998. The number of likely N-dealkylation sites (N-methyl/N-ethyl adjacent to an activating group) is 1. The molecule has 2 saturated heterocycles. The largest absolute Gasteiger partial charge is 0.465 e. The lowest BCUT2D eigenvalue weighted by molar-refractivity contribution is -0.384. The number of imidazole rings is 1. The van der Waals surface area contributed by atoms with E-state index in [0.717, 1.165) is 74.4 Å². The summed E-state index contributed by atoms with van der Waals surface area (Å²) in [5.74, 6) is -0.170. The van der Waals surface area contributed by atoms with Crippen LogP contribution in [0.5, 0.6) is 0 Å². The molecule has 1 atom stereocenters. The highest BCUT2D eigenvalue weighted by atomic mass is 32.1. The van der Waals surface area contributed by atoms with Gasteiger partial charge in [0.15, 0.2) is 0 Å². The summed E-state index contributed by atoms with van der Waals surface area (Å²) in [5, 5.41) is 25.0. The predicted octanol–water partition coefficient (Wildman–Crippen LogP) is 3.71. The van der Waals surface area contributed by atoms with Crippen LogP contribution in [0.15, 0.2) is 29.6 Å². The number of amides is 2. The number of nitrogens with one attached hydrogen (secondary N) is 1. The van der Waals surface area contributed by atoms with Crippen molar-refractivity contribution in [2.75, 3.05) is 51.6 Å². The number of hydrogen-bond donors (Lipinski definition) is 2. The Labute approximate surface area is 223 Å². The van der Waals surface area contributed by atoms with Crippen molar-refractivity contribution in [1.82, 2.24) is 24.3 Å². The Balaban J connectivity index is 1.50. The van der Waals surface area contributed by atoms with Gasteiger partial charge in [-0.05, 0) is 44.0 Å². The molecule has 12 nitrogen and oxygen atoms in total. The summed E-state index contributed by atoms with van der Waals surface area (Å²) < 4.78 is 1.95. The number of carbonyl (C=O) groups is 2. The van der Waals surface area contributed by atoms with Crippen LogP contribution in [0.4, 0.5) is 16.4 Å². The summed E-state index contributed by atoms with van der Waals surface area (Å²) in [4.78, 5) is 46.5. The third-order valence-corrected chi connectivity index (χ3v) is 8.20. The second kappa shape index (κ2) is 11.1. The highest BCUT2D eigenvalue weighted by Crippen LogP contribution is 2.32. The van der Waals surface area contributed by atoms with E-state index >= 15 is 0 Å². The first-order valence-electron chi connectivity index (χ1n) is 12.7. The van der Waals surface area contributed by atoms with Crippen molar-refractivity contribution >= 4 is 46.0 Å². The molecular weight excluding hydrogens is 510 g/mol. The number of piperazine rings is 1. The van der Waals surface area contributed by atoms with Crippen molar-refractivity contribution in [3.05, 3.63) is 50.2 Å². The van der Waals surface area contributed by atoms with Gasteiger partial charge in [0.2, 0.25) is 5.95 Å². The lowest BCUT2D eigenvalue weighted by Crippen LogP contribution is -2.43. The van der Waals surface area contributed by atoms with E-state index < -0.39 is 16.9 Å². The van der Waals surface area contributed by atoms with E-state index in [9.17, 15) is 24.8 Å². The molecule has 0 bridgehead atoms. The number of nitrogens with zero attached hydrogens (tertiary/aromatic N) is 6. The van der Waals surface area contributed by atoms with E-state index in [1.807, 2.05) is 16.7 Å². The molecule has 2 aliphatic rings. The molecule has 0 saturated carbocycles. The second-order valence-electron chi connectivity index (χ2n) is 9.97. The Morgan fingerprint density at radius 3 is 2.68 bits per heavy atom. The molecule has 13 heteroatoms. The van der Waals surface area contributed by atoms with Crippen LogP contribution in [0.2, 0.25) is 0 Å². The van der Waals surface area contributed by atoms with E-state index in [4.69, 9.17) is 4.98 Å². The molecule has 4 heterocycles. The normalized spacial score (nSPS) is 19.4. The van der Waals surface area contributed by atoms with Gasteiger partial charge < -0.3 is 19.5 Å². The summed E-state index contributed by atoms with van der Waals surface area (Å²) in [6, 6.07) is 7.10. The maximum atomic E-state index is 13.1. The number of benzene rings is 1. The van der Waals surface area contributed by atoms with Crippen LogP contribution < -0.4 is 5.32 Å². The first kappa shape index (κ1) is 26.1.